The summed E-state index contributed by atoms with van der Waals surface area (Å²) in [6.07, 6.45) is 0. The molecule has 8 aromatic rings. The summed E-state index contributed by atoms with van der Waals surface area (Å²) < 4.78 is 0. The second kappa shape index (κ2) is 10.6. The van der Waals surface area contributed by atoms with E-state index >= 15 is 0 Å². The zero-order chi connectivity index (χ0) is 29.6. The Morgan fingerprint density at radius 2 is 0.841 bits per heavy atom. The Labute approximate surface area is 258 Å². The lowest BCUT2D eigenvalue weighted by atomic mass is 9.91. The van der Waals surface area contributed by atoms with Crippen LogP contribution < -0.4 is 9.80 Å². The van der Waals surface area contributed by atoms with Gasteiger partial charge < -0.3 is 9.80 Å². The topological polar surface area (TPSA) is 6.48 Å². The Morgan fingerprint density at radius 1 is 0.341 bits per heavy atom. The lowest BCUT2D eigenvalue weighted by molar-refractivity contribution is 1.28. The maximum atomic E-state index is 2.40. The van der Waals surface area contributed by atoms with Crippen LogP contribution in [0.4, 0.5) is 34.1 Å². The van der Waals surface area contributed by atoms with Gasteiger partial charge in [0.2, 0.25) is 0 Å². The van der Waals surface area contributed by atoms with Crippen molar-refractivity contribution in [3.05, 3.63) is 169 Å². The van der Waals surface area contributed by atoms with Crippen molar-refractivity contribution >= 4 is 66.4 Å². The molecule has 2 heteroatoms. The maximum absolute atomic E-state index is 2.40. The summed E-state index contributed by atoms with van der Waals surface area (Å²) in [4.78, 5) is 4.79. The van der Waals surface area contributed by atoms with E-state index in [0.29, 0.717) is 0 Å². The standard InChI is InChI=1S/C42H32N2/c1-29-12-9-19-35(26-29)43(33-15-5-3-6-16-33)39-25-23-32-28-40(37-21-11-14-31-22-24-38(39)42(32)41(31)37)44(34-17-7-4-8-18-34)36-20-10-13-30(2)27-36/h3-28H,1-2H3. The highest BCUT2D eigenvalue weighted by atomic mass is 15.1. The molecule has 8 aromatic carbocycles. The van der Waals surface area contributed by atoms with Crippen molar-refractivity contribution in [3.63, 3.8) is 0 Å². The van der Waals surface area contributed by atoms with Gasteiger partial charge >= 0.3 is 0 Å². The summed E-state index contributed by atoms with van der Waals surface area (Å²) in [6, 6.07) is 57.2. The van der Waals surface area contributed by atoms with E-state index in [9.17, 15) is 0 Å². The lowest BCUT2D eigenvalue weighted by Crippen LogP contribution is -2.12. The minimum Gasteiger partial charge on any atom is -0.310 e. The third kappa shape index (κ3) is 4.35. The minimum absolute atomic E-state index is 1.14. The summed E-state index contributed by atoms with van der Waals surface area (Å²) in [7, 11) is 0. The van der Waals surface area contributed by atoms with Crippen molar-refractivity contribution in [2.24, 2.45) is 0 Å². The van der Waals surface area contributed by atoms with Gasteiger partial charge in [-0.15, -0.1) is 0 Å². The van der Waals surface area contributed by atoms with Crippen LogP contribution in [0.15, 0.2) is 158 Å². The van der Waals surface area contributed by atoms with Gasteiger partial charge in [0, 0.05) is 33.5 Å². The number of anilines is 6. The molecule has 8 rings (SSSR count). The summed E-state index contributed by atoms with van der Waals surface area (Å²) in [5.74, 6) is 0. The number of nitrogens with zero attached hydrogens (tertiary/aromatic N) is 2. The fraction of sp³-hybridized carbons (Fsp3) is 0.0476. The number of para-hydroxylation sites is 2. The summed E-state index contributed by atoms with van der Waals surface area (Å²) in [6.45, 7) is 4.32. The first kappa shape index (κ1) is 26.1. The van der Waals surface area contributed by atoms with E-state index in [1.807, 2.05) is 0 Å². The number of rotatable bonds is 6. The molecule has 0 unspecified atom stereocenters. The molecule has 0 saturated heterocycles. The van der Waals surface area contributed by atoms with E-state index in [1.54, 1.807) is 0 Å². The highest BCUT2D eigenvalue weighted by molar-refractivity contribution is 6.29. The van der Waals surface area contributed by atoms with Gasteiger partial charge in [-0.3, -0.25) is 0 Å². The first-order valence-electron chi connectivity index (χ1n) is 15.2. The third-order valence-electron chi connectivity index (χ3n) is 8.63. The normalized spacial score (nSPS) is 11.4. The molecule has 0 saturated carbocycles. The Hall–Kier alpha value is -5.60. The average molecular weight is 565 g/mol. The van der Waals surface area contributed by atoms with Crippen LogP contribution in [0.5, 0.6) is 0 Å². The second-order valence-corrected chi connectivity index (χ2v) is 11.6. The van der Waals surface area contributed by atoms with Gasteiger partial charge in [-0.2, -0.15) is 0 Å². The van der Waals surface area contributed by atoms with E-state index < -0.39 is 0 Å². The quantitative estimate of drug-likeness (QED) is 0.185. The Balaban J connectivity index is 1.43. The highest BCUT2D eigenvalue weighted by Crippen LogP contribution is 2.48. The highest BCUT2D eigenvalue weighted by Gasteiger charge is 2.22. The van der Waals surface area contributed by atoms with Crippen LogP contribution in [0.25, 0.3) is 32.3 Å². The number of hydrogen-bond acceptors (Lipinski definition) is 2. The molecule has 0 N–H and O–H groups in total. The molecule has 0 radical (unpaired) electrons. The van der Waals surface area contributed by atoms with E-state index in [0.717, 1.165) is 22.7 Å². The Kier molecular flexibility index (Phi) is 6.27. The van der Waals surface area contributed by atoms with Crippen LogP contribution in [0.1, 0.15) is 11.1 Å². The number of benzene rings is 8. The Bertz CT molecular complexity index is 2250. The molecule has 44 heavy (non-hydrogen) atoms. The monoisotopic (exact) mass is 564 g/mol. The van der Waals surface area contributed by atoms with Gasteiger partial charge in [0.05, 0.1) is 11.4 Å². The van der Waals surface area contributed by atoms with Crippen LogP contribution in [-0.4, -0.2) is 0 Å². The predicted molar refractivity (Wildman–Crippen MR) is 189 cm³/mol. The minimum atomic E-state index is 1.14. The maximum Gasteiger partial charge on any atom is 0.0546 e. The van der Waals surface area contributed by atoms with Crippen molar-refractivity contribution in [2.45, 2.75) is 13.8 Å². The lowest BCUT2D eigenvalue weighted by Gasteiger charge is -2.30. The van der Waals surface area contributed by atoms with Crippen molar-refractivity contribution in [1.29, 1.82) is 0 Å². The van der Waals surface area contributed by atoms with Crippen molar-refractivity contribution in [3.8, 4) is 0 Å². The fourth-order valence-electron chi connectivity index (χ4n) is 6.72. The molecule has 0 spiro atoms. The molecular formula is C42H32N2. The number of aryl methyl sites for hydroxylation is 2. The molecule has 0 atom stereocenters. The van der Waals surface area contributed by atoms with Crippen LogP contribution in [0.2, 0.25) is 0 Å². The van der Waals surface area contributed by atoms with Gasteiger partial charge in [0.1, 0.15) is 0 Å². The van der Waals surface area contributed by atoms with Gasteiger partial charge in [0.25, 0.3) is 0 Å². The van der Waals surface area contributed by atoms with Gasteiger partial charge in [-0.25, -0.2) is 0 Å². The van der Waals surface area contributed by atoms with E-state index in [-0.39, 0.29) is 0 Å². The van der Waals surface area contributed by atoms with Gasteiger partial charge in [0.15, 0.2) is 0 Å². The van der Waals surface area contributed by atoms with E-state index in [1.165, 1.54) is 54.8 Å². The summed E-state index contributed by atoms with van der Waals surface area (Å²) in [5.41, 5.74) is 9.42. The van der Waals surface area contributed by atoms with Crippen LogP contribution in [0.3, 0.4) is 0 Å². The van der Waals surface area contributed by atoms with Gasteiger partial charge in [-0.1, -0.05) is 97.1 Å². The van der Waals surface area contributed by atoms with Crippen LogP contribution in [0, 0.1) is 13.8 Å². The molecule has 210 valence electrons. The molecule has 0 aromatic heterocycles. The smallest absolute Gasteiger partial charge is 0.0546 e. The summed E-state index contributed by atoms with van der Waals surface area (Å²) in [5, 5.41) is 7.55. The van der Waals surface area contributed by atoms with E-state index in [2.05, 4.69) is 181 Å². The zero-order valence-corrected chi connectivity index (χ0v) is 24.9. The molecular weight excluding hydrogens is 532 g/mol. The average Bonchev–Trinajstić information content (AvgIpc) is 3.06. The molecule has 0 amide bonds. The molecule has 0 bridgehead atoms. The van der Waals surface area contributed by atoms with Crippen LogP contribution >= 0.6 is 0 Å². The SMILES string of the molecule is Cc1cccc(N(c2ccccc2)c2cc3ccc(N(c4ccccc4)c4cccc(C)c4)c4ccc5cccc2c5c34)c1. The predicted octanol–water partition coefficient (Wildman–Crippen LogP) is 12.1. The fourth-order valence-corrected chi connectivity index (χ4v) is 6.72. The van der Waals surface area contributed by atoms with Crippen LogP contribution in [-0.2, 0) is 0 Å². The molecule has 0 aliphatic rings. The summed E-state index contributed by atoms with van der Waals surface area (Å²) >= 11 is 0. The van der Waals surface area contributed by atoms with Gasteiger partial charge in [-0.05, 0) is 107 Å². The second-order valence-electron chi connectivity index (χ2n) is 11.6. The van der Waals surface area contributed by atoms with Crippen molar-refractivity contribution in [2.75, 3.05) is 9.80 Å². The molecule has 0 fully saturated rings. The molecule has 2 nitrogen and oxygen atoms in total. The molecule has 0 aliphatic heterocycles. The number of hydrogen-bond donors (Lipinski definition) is 0. The zero-order valence-electron chi connectivity index (χ0n) is 24.9. The van der Waals surface area contributed by atoms with Crippen molar-refractivity contribution < 1.29 is 0 Å². The first-order chi connectivity index (χ1) is 21.7. The first-order valence-corrected chi connectivity index (χ1v) is 15.2. The van der Waals surface area contributed by atoms with E-state index in [4.69, 9.17) is 0 Å². The van der Waals surface area contributed by atoms with Crippen molar-refractivity contribution in [1.82, 2.24) is 0 Å². The Morgan fingerprint density at radius 3 is 1.45 bits per heavy atom. The molecule has 0 heterocycles. The largest absolute Gasteiger partial charge is 0.310 e. The third-order valence-corrected chi connectivity index (χ3v) is 8.63. The molecule has 0 aliphatic carbocycles.